The highest BCUT2D eigenvalue weighted by atomic mass is 16.4. The largest absolute Gasteiger partial charge is 0.478 e. The van der Waals surface area contributed by atoms with Gasteiger partial charge in [-0.15, -0.1) is 0 Å². The molecular formula is C24H14N4O8. The Hall–Kier alpha value is -5.52. The molecule has 0 saturated heterocycles. The molecule has 0 aliphatic rings. The molecule has 4 N–H and O–H groups in total. The van der Waals surface area contributed by atoms with Gasteiger partial charge in [0.2, 0.25) is 0 Å². The van der Waals surface area contributed by atoms with Gasteiger partial charge in [0.05, 0.1) is 27.8 Å². The van der Waals surface area contributed by atoms with E-state index in [1.807, 2.05) is 0 Å². The van der Waals surface area contributed by atoms with E-state index >= 15 is 0 Å². The number of hydrogen-bond acceptors (Lipinski definition) is 8. The second kappa shape index (κ2) is 9.38. The maximum atomic E-state index is 11.3. The van der Waals surface area contributed by atoms with Crippen molar-refractivity contribution in [2.45, 2.75) is 0 Å². The summed E-state index contributed by atoms with van der Waals surface area (Å²) in [4.78, 5) is 62.1. The van der Waals surface area contributed by atoms with Gasteiger partial charge in [-0.2, -0.15) is 0 Å². The molecule has 0 radical (unpaired) electrons. The average molecular weight is 486 g/mol. The van der Waals surface area contributed by atoms with Gasteiger partial charge in [0.25, 0.3) is 0 Å². The highest BCUT2D eigenvalue weighted by Gasteiger charge is 2.15. The summed E-state index contributed by atoms with van der Waals surface area (Å²) >= 11 is 0. The molecule has 12 heteroatoms. The lowest BCUT2D eigenvalue weighted by Crippen LogP contribution is -2.04. The van der Waals surface area contributed by atoms with E-state index < -0.39 is 23.9 Å². The van der Waals surface area contributed by atoms with Crippen molar-refractivity contribution in [3.05, 3.63) is 83.4 Å². The van der Waals surface area contributed by atoms with E-state index in [1.54, 1.807) is 0 Å². The molecule has 0 spiro atoms. The van der Waals surface area contributed by atoms with Crippen molar-refractivity contribution in [2.24, 2.45) is 0 Å². The molecule has 0 amide bonds. The lowest BCUT2D eigenvalue weighted by atomic mass is 10.0. The highest BCUT2D eigenvalue weighted by molar-refractivity contribution is 5.96. The van der Waals surface area contributed by atoms with Crippen molar-refractivity contribution in [3.63, 3.8) is 0 Å². The molecule has 0 unspecified atom stereocenters. The Kier molecular flexibility index (Phi) is 6.16. The third kappa shape index (κ3) is 4.87. The summed E-state index contributed by atoms with van der Waals surface area (Å²) in [6.07, 6.45) is 5.52. The van der Waals surface area contributed by atoms with Gasteiger partial charge < -0.3 is 20.4 Å². The van der Waals surface area contributed by atoms with Gasteiger partial charge in [-0.1, -0.05) is 0 Å². The quantitative estimate of drug-likeness (QED) is 0.298. The summed E-state index contributed by atoms with van der Waals surface area (Å²) in [6.45, 7) is 0. The van der Waals surface area contributed by atoms with Crippen molar-refractivity contribution >= 4 is 23.9 Å². The van der Waals surface area contributed by atoms with E-state index in [1.165, 1.54) is 49.1 Å². The Morgan fingerprint density at radius 2 is 0.722 bits per heavy atom. The molecular weight excluding hydrogens is 472 g/mol. The van der Waals surface area contributed by atoms with Gasteiger partial charge in [0, 0.05) is 35.9 Å². The molecule has 2 aromatic heterocycles. The molecule has 12 nitrogen and oxygen atoms in total. The van der Waals surface area contributed by atoms with Crippen LogP contribution < -0.4 is 0 Å². The van der Waals surface area contributed by atoms with E-state index in [0.29, 0.717) is 16.7 Å². The van der Waals surface area contributed by atoms with Gasteiger partial charge in [-0.3, -0.25) is 0 Å². The minimum Gasteiger partial charge on any atom is -0.478 e. The Balaban J connectivity index is 1.64. The SMILES string of the molecule is O=C(O)c1cc(C(=O)O)cc(-c2cnc(-c3cnc(-c4cc(C(=O)O)cc(C(=O)O)c4)nc3)nc2)c1. The van der Waals surface area contributed by atoms with Crippen LogP contribution in [0.4, 0.5) is 0 Å². The molecule has 178 valence electrons. The minimum absolute atomic E-state index is 0.0904. The highest BCUT2D eigenvalue weighted by Crippen LogP contribution is 2.24. The summed E-state index contributed by atoms with van der Waals surface area (Å²) in [5, 5.41) is 37.0. The number of carbonyl (C=O) groups is 4. The van der Waals surface area contributed by atoms with Crippen molar-refractivity contribution < 1.29 is 39.6 Å². The second-order valence-corrected chi connectivity index (χ2v) is 7.41. The fourth-order valence-electron chi connectivity index (χ4n) is 3.26. The summed E-state index contributed by atoms with van der Waals surface area (Å²) in [7, 11) is 0. The summed E-state index contributed by atoms with van der Waals surface area (Å²) in [6, 6.07) is 7.21. The average Bonchev–Trinajstić information content (AvgIpc) is 2.88. The third-order valence-electron chi connectivity index (χ3n) is 5.01. The first-order valence-electron chi connectivity index (χ1n) is 10.0. The maximum Gasteiger partial charge on any atom is 0.335 e. The zero-order valence-electron chi connectivity index (χ0n) is 18.0. The number of benzene rings is 2. The topological polar surface area (TPSA) is 201 Å². The first-order valence-corrected chi connectivity index (χ1v) is 10.0. The lowest BCUT2D eigenvalue weighted by molar-refractivity contribution is 0.0676. The summed E-state index contributed by atoms with van der Waals surface area (Å²) in [5.41, 5.74) is 0.425. The number of aromatic nitrogens is 4. The molecule has 0 fully saturated rings. The molecule has 0 bridgehead atoms. The molecule has 0 aliphatic heterocycles. The van der Waals surface area contributed by atoms with Crippen LogP contribution in [0, 0.1) is 0 Å². The number of rotatable bonds is 7. The standard InChI is InChI=1S/C24H14N4O8/c29-21(30)13-1-11(2-14(5-13)22(31)32)17-7-25-20(26-8-17)18-9-27-19(28-10-18)12-3-15(23(33)34)6-16(4-12)24(35)36/h1-10H,(H,29,30)(H,31,32)(H,33,34)(H,35,36). The first kappa shape index (κ1) is 23.6. The minimum atomic E-state index is -1.30. The molecule has 2 heterocycles. The van der Waals surface area contributed by atoms with Crippen molar-refractivity contribution in [1.82, 2.24) is 19.9 Å². The Bertz CT molecular complexity index is 1350. The van der Waals surface area contributed by atoms with Crippen LogP contribution in [-0.4, -0.2) is 64.2 Å². The Morgan fingerprint density at radius 1 is 0.417 bits per heavy atom. The smallest absolute Gasteiger partial charge is 0.335 e. The molecule has 0 aliphatic carbocycles. The van der Waals surface area contributed by atoms with E-state index in [2.05, 4.69) is 19.9 Å². The summed E-state index contributed by atoms with van der Waals surface area (Å²) < 4.78 is 0. The van der Waals surface area contributed by atoms with Gasteiger partial charge in [-0.05, 0) is 42.0 Å². The predicted molar refractivity (Wildman–Crippen MR) is 122 cm³/mol. The molecule has 4 rings (SSSR count). The number of hydrogen-bond donors (Lipinski definition) is 4. The molecule has 0 atom stereocenters. The van der Waals surface area contributed by atoms with Gasteiger partial charge >= 0.3 is 23.9 Å². The van der Waals surface area contributed by atoms with Crippen molar-refractivity contribution in [1.29, 1.82) is 0 Å². The fraction of sp³-hybridized carbons (Fsp3) is 0. The van der Waals surface area contributed by atoms with Gasteiger partial charge in [0.15, 0.2) is 11.6 Å². The second-order valence-electron chi connectivity index (χ2n) is 7.41. The van der Waals surface area contributed by atoms with E-state index in [-0.39, 0.29) is 39.5 Å². The first-order chi connectivity index (χ1) is 17.1. The van der Waals surface area contributed by atoms with Crippen LogP contribution in [0.2, 0.25) is 0 Å². The van der Waals surface area contributed by atoms with E-state index in [9.17, 15) is 39.6 Å². The third-order valence-corrected chi connectivity index (χ3v) is 5.01. The lowest BCUT2D eigenvalue weighted by Gasteiger charge is -2.07. The van der Waals surface area contributed by atoms with Gasteiger partial charge in [-0.25, -0.2) is 39.1 Å². The van der Waals surface area contributed by atoms with Gasteiger partial charge in [0.1, 0.15) is 0 Å². The monoisotopic (exact) mass is 486 g/mol. The van der Waals surface area contributed by atoms with E-state index in [4.69, 9.17) is 0 Å². The van der Waals surface area contributed by atoms with Crippen LogP contribution in [0.1, 0.15) is 41.4 Å². The number of carboxylic acids is 4. The zero-order valence-corrected chi connectivity index (χ0v) is 18.0. The molecule has 2 aromatic carbocycles. The molecule has 36 heavy (non-hydrogen) atoms. The summed E-state index contributed by atoms with van der Waals surface area (Å²) in [5.74, 6) is -4.85. The molecule has 4 aromatic rings. The van der Waals surface area contributed by atoms with E-state index in [0.717, 1.165) is 12.1 Å². The van der Waals surface area contributed by atoms with Crippen LogP contribution in [0.15, 0.2) is 61.2 Å². The Labute approximate surface area is 201 Å². The van der Waals surface area contributed by atoms with Crippen LogP contribution >= 0.6 is 0 Å². The Morgan fingerprint density at radius 3 is 1.08 bits per heavy atom. The predicted octanol–water partition coefficient (Wildman–Crippen LogP) is 3.06. The fourth-order valence-corrected chi connectivity index (χ4v) is 3.26. The van der Waals surface area contributed by atoms with Crippen molar-refractivity contribution in [3.8, 4) is 33.9 Å². The van der Waals surface area contributed by atoms with Crippen LogP contribution in [0.3, 0.4) is 0 Å². The van der Waals surface area contributed by atoms with Crippen LogP contribution in [-0.2, 0) is 0 Å². The number of nitrogens with zero attached hydrogens (tertiary/aromatic N) is 4. The normalized spacial score (nSPS) is 10.6. The van der Waals surface area contributed by atoms with Crippen molar-refractivity contribution in [2.75, 3.05) is 0 Å². The van der Waals surface area contributed by atoms with Crippen LogP contribution in [0.5, 0.6) is 0 Å². The number of carboxylic acid groups (broad SMARTS) is 4. The number of aromatic carboxylic acids is 4. The molecule has 0 saturated carbocycles. The zero-order chi connectivity index (χ0) is 26.0. The van der Waals surface area contributed by atoms with Crippen LogP contribution in [0.25, 0.3) is 33.9 Å². The maximum absolute atomic E-state index is 11.3.